The molecule has 0 saturated carbocycles. The van der Waals surface area contributed by atoms with Crippen LogP contribution in [0.15, 0.2) is 59.1 Å². The van der Waals surface area contributed by atoms with E-state index in [4.69, 9.17) is 0 Å². The highest BCUT2D eigenvalue weighted by Gasteiger charge is 2.42. The summed E-state index contributed by atoms with van der Waals surface area (Å²) in [4.78, 5) is 40.5. The van der Waals surface area contributed by atoms with Gasteiger partial charge in [-0.05, 0) is 61.2 Å². The number of carbonyl (C=O) groups is 3. The van der Waals surface area contributed by atoms with Crippen molar-refractivity contribution in [3.05, 3.63) is 70.2 Å². The van der Waals surface area contributed by atoms with Gasteiger partial charge in [-0.2, -0.15) is 0 Å². The second kappa shape index (κ2) is 7.40. The molecule has 1 aliphatic carbocycles. The number of anilines is 2. The third-order valence-electron chi connectivity index (χ3n) is 6.06. The Kier molecular flexibility index (Phi) is 4.70. The number of carbonyl (C=O) groups excluding carboxylic acids is 3. The van der Waals surface area contributed by atoms with Gasteiger partial charge in [0.1, 0.15) is 0 Å². The molecule has 2 aliphatic heterocycles. The van der Waals surface area contributed by atoms with Crippen LogP contribution < -0.4 is 15.3 Å². The van der Waals surface area contributed by atoms with Crippen LogP contribution in [0.5, 0.6) is 0 Å². The molecule has 0 bridgehead atoms. The Morgan fingerprint density at radius 1 is 1.03 bits per heavy atom. The maximum Gasteiger partial charge on any atom is 0.258 e. The Morgan fingerprint density at radius 3 is 2.67 bits per heavy atom. The van der Waals surface area contributed by atoms with E-state index in [9.17, 15) is 14.4 Å². The van der Waals surface area contributed by atoms with Gasteiger partial charge < -0.3 is 4.90 Å². The molecule has 0 spiro atoms. The maximum atomic E-state index is 13.2. The van der Waals surface area contributed by atoms with E-state index in [1.807, 2.05) is 30.4 Å². The molecule has 1 N–H and O–H groups in total. The largest absolute Gasteiger partial charge is 0.308 e. The van der Waals surface area contributed by atoms with Crippen LogP contribution in [-0.2, 0) is 16.0 Å². The van der Waals surface area contributed by atoms with Gasteiger partial charge in [0, 0.05) is 22.3 Å². The van der Waals surface area contributed by atoms with Gasteiger partial charge in [0.05, 0.1) is 17.5 Å². The Morgan fingerprint density at radius 2 is 1.83 bits per heavy atom. The zero-order chi connectivity index (χ0) is 20.8. The maximum absolute atomic E-state index is 13.2. The summed E-state index contributed by atoms with van der Waals surface area (Å²) in [7, 11) is 0. The van der Waals surface area contributed by atoms with Gasteiger partial charge in [0.2, 0.25) is 11.8 Å². The lowest BCUT2D eigenvalue weighted by Crippen LogP contribution is -2.59. The minimum atomic E-state index is -0.355. The number of nitrogens with zero attached hydrogens (tertiary/aromatic N) is 2. The van der Waals surface area contributed by atoms with E-state index in [0.29, 0.717) is 30.6 Å². The molecule has 7 heteroatoms. The molecule has 2 aromatic carbocycles. The smallest absolute Gasteiger partial charge is 0.258 e. The van der Waals surface area contributed by atoms with Crippen molar-refractivity contribution in [2.75, 3.05) is 16.5 Å². The molecule has 30 heavy (non-hydrogen) atoms. The number of hydrogen-bond donors (Lipinski definition) is 1. The van der Waals surface area contributed by atoms with Crippen molar-refractivity contribution >= 4 is 45.0 Å². The average Bonchev–Trinajstić information content (AvgIpc) is 3.19. The molecule has 0 aromatic heterocycles. The molecule has 5 rings (SSSR count). The van der Waals surface area contributed by atoms with Gasteiger partial charge in [0.25, 0.3) is 5.91 Å². The fourth-order valence-electron chi connectivity index (χ4n) is 4.50. The standard InChI is InChI=1S/C23H20BrN3O3/c24-16-8-9-20-14(12-16)10-11-26(20)22(29)15-4-3-5-17(13-15)27-23(30)19-7-2-1-6-18(19)21(28)25-27/h1-5,8-9,12-13,18-19H,6-7,10-11H2,(H,25,28)/t18-,19-/m0/s1. The second-order valence-corrected chi connectivity index (χ2v) is 8.75. The van der Waals surface area contributed by atoms with E-state index < -0.39 is 0 Å². The lowest BCUT2D eigenvalue weighted by atomic mass is 9.80. The molecular formula is C23H20BrN3O3. The Bertz CT molecular complexity index is 1100. The van der Waals surface area contributed by atoms with Gasteiger partial charge >= 0.3 is 0 Å². The van der Waals surface area contributed by atoms with Gasteiger partial charge in [0.15, 0.2) is 0 Å². The van der Waals surface area contributed by atoms with E-state index in [1.165, 1.54) is 5.01 Å². The summed E-state index contributed by atoms with van der Waals surface area (Å²) in [6.07, 6.45) is 5.86. The van der Waals surface area contributed by atoms with Gasteiger partial charge in [-0.15, -0.1) is 0 Å². The number of benzene rings is 2. The van der Waals surface area contributed by atoms with Crippen LogP contribution in [0.4, 0.5) is 11.4 Å². The molecule has 152 valence electrons. The van der Waals surface area contributed by atoms with Crippen molar-refractivity contribution in [3.63, 3.8) is 0 Å². The van der Waals surface area contributed by atoms with Gasteiger partial charge in [-0.3, -0.25) is 19.8 Å². The number of allylic oxidation sites excluding steroid dienone is 2. The van der Waals surface area contributed by atoms with E-state index in [1.54, 1.807) is 29.2 Å². The predicted octanol–water partition coefficient (Wildman–Crippen LogP) is 3.61. The predicted molar refractivity (Wildman–Crippen MR) is 117 cm³/mol. The van der Waals surface area contributed by atoms with Crippen LogP contribution in [0, 0.1) is 11.8 Å². The molecule has 2 aromatic rings. The van der Waals surface area contributed by atoms with Gasteiger partial charge in [-0.25, -0.2) is 5.01 Å². The SMILES string of the molecule is O=C1NN(c2cccc(C(=O)N3CCc4cc(Br)ccc43)c2)C(=O)[C@H]2CC=CC[C@H]12. The fraction of sp³-hybridized carbons (Fsp3) is 0.261. The van der Waals surface area contributed by atoms with Gasteiger partial charge in [-0.1, -0.05) is 34.1 Å². The van der Waals surface area contributed by atoms with Crippen LogP contribution in [0.25, 0.3) is 0 Å². The number of hydrogen-bond acceptors (Lipinski definition) is 3. The third-order valence-corrected chi connectivity index (χ3v) is 6.56. The normalized spacial score (nSPS) is 22.6. The number of halogens is 1. The van der Waals surface area contributed by atoms with Crippen LogP contribution in [0.3, 0.4) is 0 Å². The summed E-state index contributed by atoms with van der Waals surface area (Å²) >= 11 is 3.48. The first-order valence-corrected chi connectivity index (χ1v) is 10.8. The second-order valence-electron chi connectivity index (χ2n) is 7.84. The minimum Gasteiger partial charge on any atom is -0.308 e. The average molecular weight is 466 g/mol. The van der Waals surface area contributed by atoms with Crippen LogP contribution in [0.2, 0.25) is 0 Å². The molecule has 3 amide bonds. The number of hydrazine groups is 1. The van der Waals surface area contributed by atoms with Crippen LogP contribution >= 0.6 is 15.9 Å². The molecule has 2 heterocycles. The summed E-state index contributed by atoms with van der Waals surface area (Å²) in [5.41, 5.74) is 5.74. The molecule has 0 unspecified atom stereocenters. The highest BCUT2D eigenvalue weighted by atomic mass is 79.9. The third kappa shape index (κ3) is 3.13. The molecule has 1 fully saturated rings. The highest BCUT2D eigenvalue weighted by Crippen LogP contribution is 2.34. The molecule has 3 aliphatic rings. The van der Waals surface area contributed by atoms with Crippen LogP contribution in [0.1, 0.15) is 28.8 Å². The Balaban J connectivity index is 1.43. The van der Waals surface area contributed by atoms with Crippen molar-refractivity contribution in [2.45, 2.75) is 19.3 Å². The van der Waals surface area contributed by atoms with E-state index in [2.05, 4.69) is 21.4 Å². The van der Waals surface area contributed by atoms with E-state index in [0.717, 1.165) is 22.1 Å². The fourth-order valence-corrected chi connectivity index (χ4v) is 4.91. The number of fused-ring (bicyclic) bond motifs is 2. The molecule has 0 radical (unpaired) electrons. The number of nitrogens with one attached hydrogen (secondary N) is 1. The zero-order valence-corrected chi connectivity index (χ0v) is 17.8. The highest BCUT2D eigenvalue weighted by molar-refractivity contribution is 9.10. The topological polar surface area (TPSA) is 69.7 Å². The van der Waals surface area contributed by atoms with Crippen molar-refractivity contribution in [1.82, 2.24) is 5.43 Å². The summed E-state index contributed by atoms with van der Waals surface area (Å²) in [6.45, 7) is 0.615. The quantitative estimate of drug-likeness (QED) is 0.688. The van der Waals surface area contributed by atoms with E-state index >= 15 is 0 Å². The monoisotopic (exact) mass is 465 g/mol. The molecule has 2 atom stereocenters. The van der Waals surface area contributed by atoms with Crippen molar-refractivity contribution in [3.8, 4) is 0 Å². The van der Waals surface area contributed by atoms with Crippen molar-refractivity contribution in [2.24, 2.45) is 11.8 Å². The first-order chi connectivity index (χ1) is 14.5. The minimum absolute atomic E-state index is 0.118. The number of amides is 3. The molecular weight excluding hydrogens is 446 g/mol. The lowest BCUT2D eigenvalue weighted by Gasteiger charge is -2.38. The zero-order valence-electron chi connectivity index (χ0n) is 16.2. The summed E-state index contributed by atoms with van der Waals surface area (Å²) in [5, 5.41) is 1.30. The van der Waals surface area contributed by atoms with E-state index in [-0.39, 0.29) is 29.6 Å². The number of rotatable bonds is 2. The summed E-state index contributed by atoms with van der Waals surface area (Å²) in [6, 6.07) is 12.8. The van der Waals surface area contributed by atoms with Crippen molar-refractivity contribution in [1.29, 1.82) is 0 Å². The molecule has 1 saturated heterocycles. The van der Waals surface area contributed by atoms with Crippen molar-refractivity contribution < 1.29 is 14.4 Å². The lowest BCUT2D eigenvalue weighted by molar-refractivity contribution is -0.139. The molecule has 6 nitrogen and oxygen atoms in total. The first kappa shape index (κ1) is 19.1. The summed E-state index contributed by atoms with van der Waals surface area (Å²) < 4.78 is 0.993. The van der Waals surface area contributed by atoms with Crippen LogP contribution in [-0.4, -0.2) is 24.3 Å². The Hall–Kier alpha value is -2.93. The first-order valence-electron chi connectivity index (χ1n) is 10.0. The summed E-state index contributed by atoms with van der Waals surface area (Å²) in [5.74, 6) is -1.08. The Labute approximate surface area is 182 Å².